The van der Waals surface area contributed by atoms with Crippen molar-refractivity contribution in [3.05, 3.63) is 64.3 Å². The van der Waals surface area contributed by atoms with Crippen LogP contribution in [0.2, 0.25) is 0 Å². The number of hydrogen-bond acceptors (Lipinski definition) is 2. The third kappa shape index (κ3) is 2.50. The maximum Gasteiger partial charge on any atom is 0.295 e. The summed E-state index contributed by atoms with van der Waals surface area (Å²) in [5, 5.41) is 0. The Bertz CT molecular complexity index is 829. The zero-order valence-electron chi connectivity index (χ0n) is 13.5. The molecule has 2 nitrogen and oxygen atoms in total. The number of fused-ring (bicyclic) bond motifs is 1. The lowest BCUT2D eigenvalue weighted by atomic mass is 9.81. The molecular weight excluding hydrogens is 320 g/mol. The first-order valence-corrected chi connectivity index (χ1v) is 7.48. The molecule has 24 heavy (non-hydrogen) atoms. The van der Waals surface area contributed by atoms with Crippen molar-refractivity contribution in [3.8, 4) is 0 Å². The van der Waals surface area contributed by atoms with Gasteiger partial charge in [0.25, 0.3) is 5.92 Å². The highest BCUT2D eigenvalue weighted by Crippen LogP contribution is 2.45. The highest BCUT2D eigenvalue weighted by Gasteiger charge is 2.46. The fourth-order valence-electron chi connectivity index (χ4n) is 2.83. The molecule has 2 heterocycles. The van der Waals surface area contributed by atoms with Crippen molar-refractivity contribution in [2.75, 3.05) is 0 Å². The van der Waals surface area contributed by atoms with Crippen molar-refractivity contribution in [3.63, 3.8) is 0 Å². The van der Waals surface area contributed by atoms with Gasteiger partial charge in [-0.15, -0.1) is 0 Å². The Hall–Kier alpha value is -2.24. The van der Waals surface area contributed by atoms with Crippen molar-refractivity contribution in [2.24, 2.45) is 4.99 Å². The molecule has 126 valence electrons. The number of aliphatic imine (C=N–C) groups is 1. The van der Waals surface area contributed by atoms with Crippen LogP contribution in [-0.4, -0.2) is 22.2 Å². The summed E-state index contributed by atoms with van der Waals surface area (Å²) in [6, 6.07) is 1.52. The molecule has 0 aromatic carbocycles. The Morgan fingerprint density at radius 3 is 2.58 bits per heavy atom. The van der Waals surface area contributed by atoms with E-state index in [0.717, 1.165) is 0 Å². The van der Waals surface area contributed by atoms with Crippen LogP contribution in [0.15, 0.2) is 52.5 Å². The van der Waals surface area contributed by atoms with E-state index in [9.17, 15) is 17.6 Å². The van der Waals surface area contributed by atoms with Crippen LogP contribution in [0.25, 0.3) is 0 Å². The van der Waals surface area contributed by atoms with E-state index in [1.165, 1.54) is 38.3 Å². The lowest BCUT2D eigenvalue weighted by Gasteiger charge is -2.33. The summed E-state index contributed by atoms with van der Waals surface area (Å²) in [6.07, 6.45) is 4.68. The second-order valence-corrected chi connectivity index (χ2v) is 6.37. The fourth-order valence-corrected chi connectivity index (χ4v) is 2.83. The average Bonchev–Trinajstić information content (AvgIpc) is 2.50. The van der Waals surface area contributed by atoms with Gasteiger partial charge in [0.2, 0.25) is 0 Å². The Kier molecular flexibility index (Phi) is 3.73. The summed E-state index contributed by atoms with van der Waals surface area (Å²) in [6.45, 7) is 3.79. The molecule has 1 aliphatic heterocycles. The molecule has 0 saturated carbocycles. The quantitative estimate of drug-likeness (QED) is 0.713. The standard InChI is InChI=1S/C18H16F4N2/c1-10-11(8-19)7-12(9-23-10)15-13-5-4-6-18(21,22)14(13)16(20)17(2,3)24-15/h4-7,9H,8H2,1-3H3. The molecule has 0 atom stereocenters. The van der Waals surface area contributed by atoms with E-state index in [0.29, 0.717) is 22.9 Å². The van der Waals surface area contributed by atoms with E-state index in [-0.39, 0.29) is 11.3 Å². The molecule has 6 heteroatoms. The summed E-state index contributed by atoms with van der Waals surface area (Å²) in [4.78, 5) is 8.41. The third-order valence-electron chi connectivity index (χ3n) is 4.18. The molecule has 0 unspecified atom stereocenters. The predicted octanol–water partition coefficient (Wildman–Crippen LogP) is 4.80. The average molecular weight is 336 g/mol. The Balaban J connectivity index is 2.23. The highest BCUT2D eigenvalue weighted by atomic mass is 19.3. The van der Waals surface area contributed by atoms with Gasteiger partial charge in [0.05, 0.1) is 11.3 Å². The van der Waals surface area contributed by atoms with E-state index >= 15 is 0 Å². The number of alkyl halides is 3. The summed E-state index contributed by atoms with van der Waals surface area (Å²) in [7, 11) is 0. The number of halogens is 4. The topological polar surface area (TPSA) is 25.2 Å². The van der Waals surface area contributed by atoms with E-state index in [1.807, 2.05) is 0 Å². The SMILES string of the molecule is Cc1ncc(C2=NC(C)(C)C(F)=C3C2=CC=CC3(F)F)cc1CF. The number of nitrogens with zero attached hydrogens (tertiary/aromatic N) is 2. The number of aryl methyl sites for hydroxylation is 1. The van der Waals surface area contributed by atoms with Gasteiger partial charge in [-0.1, -0.05) is 12.2 Å². The van der Waals surface area contributed by atoms with Gasteiger partial charge in [-0.3, -0.25) is 9.98 Å². The number of hydrogen-bond donors (Lipinski definition) is 0. The van der Waals surface area contributed by atoms with Crippen molar-refractivity contribution in [1.29, 1.82) is 0 Å². The lowest BCUT2D eigenvalue weighted by Crippen LogP contribution is -2.35. The van der Waals surface area contributed by atoms with Crippen LogP contribution < -0.4 is 0 Å². The van der Waals surface area contributed by atoms with Crippen LogP contribution in [0.5, 0.6) is 0 Å². The fraction of sp³-hybridized carbons (Fsp3) is 0.333. The van der Waals surface area contributed by atoms with Crippen LogP contribution in [0.3, 0.4) is 0 Å². The van der Waals surface area contributed by atoms with Gasteiger partial charge in [-0.2, -0.15) is 8.78 Å². The van der Waals surface area contributed by atoms with Crippen LogP contribution in [-0.2, 0) is 6.67 Å². The number of dihydropyridines is 1. The maximum absolute atomic E-state index is 14.6. The van der Waals surface area contributed by atoms with Crippen molar-refractivity contribution in [1.82, 2.24) is 4.98 Å². The van der Waals surface area contributed by atoms with Crippen LogP contribution in [0, 0.1) is 6.92 Å². The van der Waals surface area contributed by atoms with Crippen LogP contribution >= 0.6 is 0 Å². The minimum absolute atomic E-state index is 0.00906. The minimum atomic E-state index is -3.42. The minimum Gasteiger partial charge on any atom is -0.271 e. The van der Waals surface area contributed by atoms with Gasteiger partial charge in [-0.05, 0) is 32.9 Å². The molecule has 1 aromatic heterocycles. The Labute approximate surface area is 137 Å². The zero-order chi connectivity index (χ0) is 17.7. The molecule has 0 radical (unpaired) electrons. The molecule has 3 rings (SSSR count). The van der Waals surface area contributed by atoms with Gasteiger partial charge in [0.1, 0.15) is 18.0 Å². The molecule has 0 spiro atoms. The summed E-state index contributed by atoms with van der Waals surface area (Å²) in [5.74, 6) is -4.38. The van der Waals surface area contributed by atoms with Crippen molar-refractivity contribution in [2.45, 2.75) is 38.9 Å². The first-order valence-electron chi connectivity index (χ1n) is 7.48. The maximum atomic E-state index is 14.6. The monoisotopic (exact) mass is 336 g/mol. The molecule has 0 N–H and O–H groups in total. The predicted molar refractivity (Wildman–Crippen MR) is 84.7 cm³/mol. The molecule has 2 aliphatic rings. The Morgan fingerprint density at radius 1 is 1.21 bits per heavy atom. The molecule has 0 bridgehead atoms. The van der Waals surface area contributed by atoms with Crippen molar-refractivity contribution < 1.29 is 17.6 Å². The van der Waals surface area contributed by atoms with Gasteiger partial charge in [0, 0.05) is 28.6 Å². The molecule has 0 saturated heterocycles. The van der Waals surface area contributed by atoms with E-state index < -0.39 is 29.5 Å². The summed E-state index contributed by atoms with van der Waals surface area (Å²) >= 11 is 0. The highest BCUT2D eigenvalue weighted by molar-refractivity contribution is 6.17. The third-order valence-corrected chi connectivity index (χ3v) is 4.18. The van der Waals surface area contributed by atoms with Crippen LogP contribution in [0.1, 0.15) is 30.7 Å². The summed E-state index contributed by atoms with van der Waals surface area (Å²) in [5.41, 5.74) is -0.648. The first kappa shape index (κ1) is 16.6. The second-order valence-electron chi connectivity index (χ2n) is 6.37. The normalized spacial score (nSPS) is 21.3. The summed E-state index contributed by atoms with van der Waals surface area (Å²) < 4.78 is 56.3. The van der Waals surface area contributed by atoms with Crippen molar-refractivity contribution >= 4 is 5.71 Å². The van der Waals surface area contributed by atoms with Crippen LogP contribution in [0.4, 0.5) is 17.6 Å². The number of aromatic nitrogens is 1. The zero-order valence-corrected chi connectivity index (χ0v) is 13.5. The smallest absolute Gasteiger partial charge is 0.271 e. The van der Waals surface area contributed by atoms with Gasteiger partial charge < -0.3 is 0 Å². The molecule has 1 aliphatic carbocycles. The van der Waals surface area contributed by atoms with Gasteiger partial charge >= 0.3 is 0 Å². The van der Waals surface area contributed by atoms with E-state index in [4.69, 9.17) is 0 Å². The number of pyridine rings is 1. The number of rotatable bonds is 2. The largest absolute Gasteiger partial charge is 0.295 e. The molecule has 0 amide bonds. The van der Waals surface area contributed by atoms with E-state index in [1.54, 1.807) is 6.92 Å². The molecule has 1 aromatic rings. The lowest BCUT2D eigenvalue weighted by molar-refractivity contribution is 0.0937. The number of allylic oxidation sites excluding steroid dienone is 5. The first-order chi connectivity index (χ1) is 11.2. The molecule has 0 fully saturated rings. The van der Waals surface area contributed by atoms with Gasteiger partial charge in [0.15, 0.2) is 0 Å². The van der Waals surface area contributed by atoms with E-state index in [2.05, 4.69) is 9.98 Å². The second kappa shape index (κ2) is 5.40. The molecular formula is C18H16F4N2. The van der Waals surface area contributed by atoms with Gasteiger partial charge in [-0.25, -0.2) is 8.78 Å². The Morgan fingerprint density at radius 2 is 1.92 bits per heavy atom.